The van der Waals surface area contributed by atoms with Crippen LogP contribution in [0.5, 0.6) is 0 Å². The van der Waals surface area contributed by atoms with Gasteiger partial charge >= 0.3 is 0 Å². The highest BCUT2D eigenvalue weighted by Crippen LogP contribution is 2.31. The van der Waals surface area contributed by atoms with Gasteiger partial charge in [0.15, 0.2) is 0 Å². The van der Waals surface area contributed by atoms with Gasteiger partial charge in [-0.05, 0) is 35.4 Å². The molecule has 1 N–H and O–H groups in total. The molecule has 1 fully saturated rings. The molecule has 106 valence electrons. The van der Waals surface area contributed by atoms with Crippen molar-refractivity contribution in [1.29, 1.82) is 0 Å². The number of nitrogens with zero attached hydrogens (tertiary/aromatic N) is 1. The summed E-state index contributed by atoms with van der Waals surface area (Å²) in [7, 11) is 0. The van der Waals surface area contributed by atoms with Crippen molar-refractivity contribution in [1.82, 2.24) is 9.97 Å². The predicted molar refractivity (Wildman–Crippen MR) is 89.8 cm³/mol. The molecule has 1 saturated carbocycles. The summed E-state index contributed by atoms with van der Waals surface area (Å²) in [6.07, 6.45) is 5.32. The van der Waals surface area contributed by atoms with Gasteiger partial charge in [0.05, 0.1) is 11.4 Å². The van der Waals surface area contributed by atoms with Crippen LogP contribution >= 0.6 is 34.4 Å². The third-order valence-corrected chi connectivity index (χ3v) is 5.76. The summed E-state index contributed by atoms with van der Waals surface area (Å²) in [5, 5.41) is 0.752. The maximum absolute atomic E-state index is 12.0. The molecule has 0 amide bonds. The number of aromatic amines is 1. The van der Waals surface area contributed by atoms with Crippen LogP contribution in [0.25, 0.3) is 0 Å². The topological polar surface area (TPSA) is 45.8 Å². The van der Waals surface area contributed by atoms with Crippen LogP contribution in [0.4, 0.5) is 0 Å². The SMILES string of the molecule is CC(C)(C)c1nc(CSC2CCCC2)[nH]c(=O)c1I. The molecule has 0 aromatic carbocycles. The second-order valence-corrected chi connectivity index (χ2v) is 8.51. The van der Waals surface area contributed by atoms with E-state index in [4.69, 9.17) is 0 Å². The molecule has 1 aliphatic carbocycles. The summed E-state index contributed by atoms with van der Waals surface area (Å²) in [4.78, 5) is 19.6. The van der Waals surface area contributed by atoms with Crippen molar-refractivity contribution in [3.05, 3.63) is 25.4 Å². The Labute approximate surface area is 132 Å². The van der Waals surface area contributed by atoms with E-state index < -0.39 is 0 Å². The van der Waals surface area contributed by atoms with E-state index in [1.165, 1.54) is 25.7 Å². The first-order valence-electron chi connectivity index (χ1n) is 6.78. The molecule has 0 saturated heterocycles. The Hall–Kier alpha value is -0.0400. The molecule has 1 heterocycles. The van der Waals surface area contributed by atoms with Gasteiger partial charge in [0.25, 0.3) is 5.56 Å². The quantitative estimate of drug-likeness (QED) is 0.795. The minimum absolute atomic E-state index is 0.00236. The molecule has 0 bridgehead atoms. The van der Waals surface area contributed by atoms with Gasteiger partial charge in [-0.1, -0.05) is 33.6 Å². The smallest absolute Gasteiger partial charge is 0.264 e. The lowest BCUT2D eigenvalue weighted by Gasteiger charge is -2.20. The Bertz CT molecular complexity index is 501. The summed E-state index contributed by atoms with van der Waals surface area (Å²) in [5.41, 5.74) is 0.832. The van der Waals surface area contributed by atoms with Gasteiger partial charge in [0, 0.05) is 10.7 Å². The molecule has 0 unspecified atom stereocenters. The second-order valence-electron chi connectivity index (χ2n) is 6.14. The Morgan fingerprint density at radius 2 is 2.00 bits per heavy atom. The standard InChI is InChI=1S/C14H21IN2OS/c1-14(2,3)12-11(15)13(18)17-10(16-12)8-19-9-6-4-5-7-9/h9H,4-8H2,1-3H3,(H,16,17,18). The van der Waals surface area contributed by atoms with Gasteiger partial charge in [0.2, 0.25) is 0 Å². The lowest BCUT2D eigenvalue weighted by Crippen LogP contribution is -2.25. The zero-order valence-electron chi connectivity index (χ0n) is 11.8. The monoisotopic (exact) mass is 392 g/mol. The summed E-state index contributed by atoms with van der Waals surface area (Å²) >= 11 is 4.04. The van der Waals surface area contributed by atoms with Gasteiger partial charge < -0.3 is 4.98 Å². The normalized spacial score (nSPS) is 17.1. The fourth-order valence-electron chi connectivity index (χ4n) is 2.32. The molecule has 1 aliphatic rings. The Morgan fingerprint density at radius 3 is 2.58 bits per heavy atom. The van der Waals surface area contributed by atoms with Gasteiger partial charge in [-0.15, -0.1) is 0 Å². The number of H-pyrrole nitrogens is 1. The average Bonchev–Trinajstić information content (AvgIpc) is 2.82. The van der Waals surface area contributed by atoms with E-state index in [-0.39, 0.29) is 11.0 Å². The van der Waals surface area contributed by atoms with Gasteiger partial charge in [-0.25, -0.2) is 4.98 Å². The average molecular weight is 392 g/mol. The van der Waals surface area contributed by atoms with Gasteiger partial charge in [0.1, 0.15) is 9.39 Å². The van der Waals surface area contributed by atoms with Crippen LogP contribution < -0.4 is 5.56 Å². The first-order chi connectivity index (χ1) is 8.88. The highest BCUT2D eigenvalue weighted by molar-refractivity contribution is 14.1. The maximum atomic E-state index is 12.0. The van der Waals surface area contributed by atoms with E-state index in [9.17, 15) is 4.79 Å². The molecule has 5 heteroatoms. The van der Waals surface area contributed by atoms with Crippen molar-refractivity contribution in [3.8, 4) is 0 Å². The van der Waals surface area contributed by atoms with Crippen molar-refractivity contribution >= 4 is 34.4 Å². The van der Waals surface area contributed by atoms with Crippen LogP contribution in [-0.4, -0.2) is 15.2 Å². The first-order valence-corrected chi connectivity index (χ1v) is 8.91. The van der Waals surface area contributed by atoms with Crippen LogP contribution in [0.3, 0.4) is 0 Å². The highest BCUT2D eigenvalue weighted by atomic mass is 127. The fourth-order valence-corrected chi connectivity index (χ4v) is 4.58. The summed E-state index contributed by atoms with van der Waals surface area (Å²) in [6, 6.07) is 0. The molecular formula is C14H21IN2OS. The van der Waals surface area contributed by atoms with E-state index in [2.05, 4.69) is 53.3 Å². The van der Waals surface area contributed by atoms with E-state index >= 15 is 0 Å². The first kappa shape index (κ1) is 15.4. The third kappa shape index (κ3) is 3.97. The summed E-state index contributed by atoms with van der Waals surface area (Å²) in [5.74, 6) is 1.65. The number of aromatic nitrogens is 2. The maximum Gasteiger partial charge on any atom is 0.264 e. The number of thioether (sulfide) groups is 1. The largest absolute Gasteiger partial charge is 0.309 e. The lowest BCUT2D eigenvalue weighted by atomic mass is 9.92. The zero-order valence-corrected chi connectivity index (χ0v) is 14.7. The van der Waals surface area contributed by atoms with E-state index in [0.29, 0.717) is 0 Å². The zero-order chi connectivity index (χ0) is 14.0. The number of nitrogens with one attached hydrogen (secondary N) is 1. The summed E-state index contributed by atoms with van der Waals surface area (Å²) in [6.45, 7) is 6.31. The van der Waals surface area contributed by atoms with Crippen LogP contribution in [0.1, 0.15) is 58.0 Å². The highest BCUT2D eigenvalue weighted by Gasteiger charge is 2.22. The fraction of sp³-hybridized carbons (Fsp3) is 0.714. The van der Waals surface area contributed by atoms with Crippen LogP contribution in [-0.2, 0) is 11.2 Å². The molecule has 0 aliphatic heterocycles. The molecule has 1 aromatic heterocycles. The minimum atomic E-state index is -0.0858. The van der Waals surface area contributed by atoms with Crippen molar-refractivity contribution < 1.29 is 0 Å². The molecule has 0 atom stereocenters. The van der Waals surface area contributed by atoms with Crippen molar-refractivity contribution in [3.63, 3.8) is 0 Å². The lowest BCUT2D eigenvalue weighted by molar-refractivity contribution is 0.557. The molecule has 0 radical (unpaired) electrons. The molecule has 2 rings (SSSR count). The number of hydrogen-bond acceptors (Lipinski definition) is 3. The molecule has 19 heavy (non-hydrogen) atoms. The van der Waals surface area contributed by atoms with E-state index in [0.717, 1.165) is 26.1 Å². The van der Waals surface area contributed by atoms with Crippen LogP contribution in [0.15, 0.2) is 4.79 Å². The van der Waals surface area contributed by atoms with Gasteiger partial charge in [-0.3, -0.25) is 4.79 Å². The third-order valence-electron chi connectivity index (χ3n) is 3.38. The molecule has 1 aromatic rings. The molecular weight excluding hydrogens is 371 g/mol. The second kappa shape index (κ2) is 6.16. The Morgan fingerprint density at radius 1 is 1.37 bits per heavy atom. The van der Waals surface area contributed by atoms with Crippen LogP contribution in [0.2, 0.25) is 0 Å². The Kier molecular flexibility index (Phi) is 4.98. The van der Waals surface area contributed by atoms with Crippen molar-refractivity contribution in [2.24, 2.45) is 0 Å². The number of hydrogen-bond donors (Lipinski definition) is 1. The van der Waals surface area contributed by atoms with E-state index in [1.54, 1.807) is 0 Å². The molecule has 3 nitrogen and oxygen atoms in total. The van der Waals surface area contributed by atoms with Gasteiger partial charge in [-0.2, -0.15) is 11.8 Å². The van der Waals surface area contributed by atoms with Crippen LogP contribution in [0, 0.1) is 3.57 Å². The number of rotatable bonds is 3. The Balaban J connectivity index is 2.17. The predicted octanol–water partition coefficient (Wildman–Crippen LogP) is 3.85. The van der Waals surface area contributed by atoms with E-state index in [1.807, 2.05) is 11.8 Å². The van der Waals surface area contributed by atoms with Crippen molar-refractivity contribution in [2.45, 2.75) is 62.9 Å². The van der Waals surface area contributed by atoms with Crippen molar-refractivity contribution in [2.75, 3.05) is 0 Å². The molecule has 0 spiro atoms. The minimum Gasteiger partial charge on any atom is -0.309 e. The number of halogens is 1. The summed E-state index contributed by atoms with van der Waals surface area (Å²) < 4.78 is 0.722.